The van der Waals surface area contributed by atoms with Gasteiger partial charge in [-0.3, -0.25) is 4.98 Å². The first-order valence-electron chi connectivity index (χ1n) is 9.98. The number of rotatable bonds is 4. The van der Waals surface area contributed by atoms with E-state index in [2.05, 4.69) is 22.1 Å². The average molecular weight is 422 g/mol. The molecule has 146 valence electrons. The van der Waals surface area contributed by atoms with Gasteiger partial charge in [0.25, 0.3) is 5.22 Å². The SMILES string of the molecule is C[C@@H]1CCc2c(sc3nc(-c4cccnc4)nc(Sc4nnc(C5CC5)o4)c23)C1. The fourth-order valence-electron chi connectivity index (χ4n) is 3.85. The Labute approximate surface area is 176 Å². The number of pyridine rings is 1. The van der Waals surface area contributed by atoms with Gasteiger partial charge in [0.05, 0.1) is 0 Å². The minimum absolute atomic E-state index is 0.448. The summed E-state index contributed by atoms with van der Waals surface area (Å²) in [6, 6.07) is 3.91. The molecule has 4 heterocycles. The molecule has 0 bridgehead atoms. The minimum Gasteiger partial charge on any atom is -0.415 e. The molecule has 0 amide bonds. The first-order valence-corrected chi connectivity index (χ1v) is 11.6. The molecule has 1 saturated carbocycles. The van der Waals surface area contributed by atoms with Gasteiger partial charge in [-0.2, -0.15) is 0 Å². The van der Waals surface area contributed by atoms with E-state index in [1.807, 2.05) is 18.3 Å². The lowest BCUT2D eigenvalue weighted by Gasteiger charge is -2.18. The molecular weight excluding hydrogens is 402 g/mol. The molecule has 8 heteroatoms. The van der Waals surface area contributed by atoms with Gasteiger partial charge in [-0.1, -0.05) is 6.92 Å². The molecule has 0 aromatic carbocycles. The smallest absolute Gasteiger partial charge is 0.282 e. The van der Waals surface area contributed by atoms with Crippen LogP contribution in [0.4, 0.5) is 0 Å². The molecule has 0 radical (unpaired) electrons. The molecule has 0 N–H and O–H groups in total. The van der Waals surface area contributed by atoms with Crippen LogP contribution in [0.25, 0.3) is 21.6 Å². The van der Waals surface area contributed by atoms with Gasteiger partial charge in [-0.25, -0.2) is 9.97 Å². The van der Waals surface area contributed by atoms with Crippen molar-refractivity contribution in [3.05, 3.63) is 40.9 Å². The first kappa shape index (κ1) is 17.5. The van der Waals surface area contributed by atoms with E-state index >= 15 is 0 Å². The molecule has 4 aromatic heterocycles. The van der Waals surface area contributed by atoms with E-state index in [9.17, 15) is 0 Å². The second-order valence-corrected chi connectivity index (χ2v) is 9.93. The maximum atomic E-state index is 5.92. The molecular formula is C21H19N5OS2. The van der Waals surface area contributed by atoms with E-state index in [-0.39, 0.29) is 0 Å². The third-order valence-electron chi connectivity index (χ3n) is 5.57. The predicted molar refractivity (Wildman–Crippen MR) is 112 cm³/mol. The summed E-state index contributed by atoms with van der Waals surface area (Å²) in [5, 5.41) is 11.1. The fourth-order valence-corrected chi connectivity index (χ4v) is 6.12. The fraction of sp³-hybridized carbons (Fsp3) is 0.381. The topological polar surface area (TPSA) is 77.6 Å². The van der Waals surface area contributed by atoms with Crippen molar-refractivity contribution < 1.29 is 4.42 Å². The highest BCUT2D eigenvalue weighted by Gasteiger charge is 2.30. The highest BCUT2D eigenvalue weighted by molar-refractivity contribution is 7.99. The van der Waals surface area contributed by atoms with Crippen LogP contribution in [0.1, 0.15) is 48.4 Å². The lowest BCUT2D eigenvalue weighted by Crippen LogP contribution is -2.08. The lowest BCUT2D eigenvalue weighted by atomic mass is 9.89. The quantitative estimate of drug-likeness (QED) is 0.414. The third kappa shape index (κ3) is 3.24. The van der Waals surface area contributed by atoms with Crippen molar-refractivity contribution in [1.29, 1.82) is 0 Å². The summed E-state index contributed by atoms with van der Waals surface area (Å²) in [4.78, 5) is 16.6. The summed E-state index contributed by atoms with van der Waals surface area (Å²) < 4.78 is 5.92. The van der Waals surface area contributed by atoms with Crippen molar-refractivity contribution in [2.75, 3.05) is 0 Å². The Hall–Kier alpha value is -2.32. The molecule has 6 rings (SSSR count). The third-order valence-corrected chi connectivity index (χ3v) is 7.55. The Kier molecular flexibility index (Phi) is 4.16. The van der Waals surface area contributed by atoms with Crippen LogP contribution in [0.5, 0.6) is 0 Å². The second-order valence-electron chi connectivity index (χ2n) is 7.91. The number of fused-ring (bicyclic) bond motifs is 3. The standard InChI is InChI=1S/C21H19N5OS2/c1-11-4-7-14-15(9-11)28-19-16(14)20(24-17(23-19)13-3-2-8-22-10-13)29-21-26-25-18(27-21)12-5-6-12/h2-3,8,10-12H,4-7,9H2,1H3/t11-/m1/s1. The molecule has 0 spiro atoms. The van der Waals surface area contributed by atoms with Crippen molar-refractivity contribution in [2.45, 2.75) is 55.2 Å². The molecule has 2 aliphatic carbocycles. The van der Waals surface area contributed by atoms with Crippen molar-refractivity contribution in [1.82, 2.24) is 25.1 Å². The summed E-state index contributed by atoms with van der Waals surface area (Å²) in [7, 11) is 0. The summed E-state index contributed by atoms with van der Waals surface area (Å²) in [5.74, 6) is 2.62. The van der Waals surface area contributed by atoms with E-state index in [0.717, 1.165) is 52.9 Å². The molecule has 29 heavy (non-hydrogen) atoms. The number of thiophene rings is 1. The van der Waals surface area contributed by atoms with Crippen LogP contribution in [-0.4, -0.2) is 25.1 Å². The highest BCUT2D eigenvalue weighted by Crippen LogP contribution is 2.44. The zero-order valence-corrected chi connectivity index (χ0v) is 17.6. The van der Waals surface area contributed by atoms with E-state index in [1.54, 1.807) is 17.5 Å². The zero-order valence-electron chi connectivity index (χ0n) is 16.0. The van der Waals surface area contributed by atoms with Crippen LogP contribution in [0.15, 0.2) is 39.2 Å². The molecule has 1 fully saturated rings. The monoisotopic (exact) mass is 421 g/mol. The highest BCUT2D eigenvalue weighted by atomic mass is 32.2. The van der Waals surface area contributed by atoms with Gasteiger partial charge in [0.1, 0.15) is 9.86 Å². The Morgan fingerprint density at radius 3 is 2.93 bits per heavy atom. The minimum atomic E-state index is 0.448. The van der Waals surface area contributed by atoms with Gasteiger partial charge in [0, 0.05) is 34.1 Å². The van der Waals surface area contributed by atoms with E-state index in [1.165, 1.54) is 34.0 Å². The van der Waals surface area contributed by atoms with Gasteiger partial charge in [0.15, 0.2) is 5.82 Å². The van der Waals surface area contributed by atoms with Crippen LogP contribution in [-0.2, 0) is 12.8 Å². The van der Waals surface area contributed by atoms with Crippen molar-refractivity contribution in [3.8, 4) is 11.4 Å². The maximum Gasteiger partial charge on any atom is 0.282 e. The molecule has 2 aliphatic rings. The van der Waals surface area contributed by atoms with Crippen molar-refractivity contribution >= 4 is 33.3 Å². The summed E-state index contributed by atoms with van der Waals surface area (Å²) >= 11 is 3.27. The Morgan fingerprint density at radius 1 is 1.17 bits per heavy atom. The summed E-state index contributed by atoms with van der Waals surface area (Å²) in [5.41, 5.74) is 2.32. The Morgan fingerprint density at radius 2 is 2.10 bits per heavy atom. The Bertz CT molecular complexity index is 1200. The van der Waals surface area contributed by atoms with E-state index in [4.69, 9.17) is 14.4 Å². The van der Waals surface area contributed by atoms with E-state index < -0.39 is 0 Å². The number of hydrogen-bond donors (Lipinski definition) is 0. The Balaban J connectivity index is 1.49. The predicted octanol–water partition coefficient (Wildman–Crippen LogP) is 5.29. The molecule has 0 saturated heterocycles. The van der Waals surface area contributed by atoms with Gasteiger partial charge in [-0.15, -0.1) is 21.5 Å². The van der Waals surface area contributed by atoms with Crippen molar-refractivity contribution in [3.63, 3.8) is 0 Å². The number of aromatic nitrogens is 5. The van der Waals surface area contributed by atoms with Crippen LogP contribution in [0.2, 0.25) is 0 Å². The molecule has 4 aromatic rings. The molecule has 0 unspecified atom stereocenters. The van der Waals surface area contributed by atoms with Crippen molar-refractivity contribution in [2.24, 2.45) is 5.92 Å². The maximum absolute atomic E-state index is 5.92. The van der Waals surface area contributed by atoms with Gasteiger partial charge < -0.3 is 4.42 Å². The second kappa shape index (κ2) is 6.88. The number of hydrogen-bond acceptors (Lipinski definition) is 8. The lowest BCUT2D eigenvalue weighted by molar-refractivity contribution is 0.414. The normalized spacial score (nSPS) is 18.9. The summed E-state index contributed by atoms with van der Waals surface area (Å²) in [6.45, 7) is 2.33. The van der Waals surface area contributed by atoms with Crippen LogP contribution in [0.3, 0.4) is 0 Å². The van der Waals surface area contributed by atoms with Crippen LogP contribution in [0, 0.1) is 5.92 Å². The molecule has 0 aliphatic heterocycles. The summed E-state index contributed by atoms with van der Waals surface area (Å²) in [6.07, 6.45) is 9.27. The van der Waals surface area contributed by atoms with Gasteiger partial charge in [-0.05, 0) is 67.5 Å². The van der Waals surface area contributed by atoms with Gasteiger partial charge >= 0.3 is 0 Å². The molecule has 1 atom stereocenters. The van der Waals surface area contributed by atoms with Gasteiger partial charge in [0.2, 0.25) is 5.89 Å². The average Bonchev–Trinajstić information content (AvgIpc) is 3.37. The molecule has 6 nitrogen and oxygen atoms in total. The zero-order chi connectivity index (χ0) is 19.4. The first-order chi connectivity index (χ1) is 14.2. The van der Waals surface area contributed by atoms with Crippen LogP contribution >= 0.6 is 23.1 Å². The van der Waals surface area contributed by atoms with Crippen LogP contribution < -0.4 is 0 Å². The number of aryl methyl sites for hydroxylation is 1. The van der Waals surface area contributed by atoms with E-state index in [0.29, 0.717) is 17.0 Å². The number of nitrogens with zero attached hydrogens (tertiary/aromatic N) is 5. The largest absolute Gasteiger partial charge is 0.415 e.